The van der Waals surface area contributed by atoms with Crippen molar-refractivity contribution in [2.24, 2.45) is 0 Å². The Morgan fingerprint density at radius 1 is 1.07 bits per heavy atom. The summed E-state index contributed by atoms with van der Waals surface area (Å²) in [6, 6.07) is 16.1. The lowest BCUT2D eigenvalue weighted by atomic mass is 10.1. The number of likely N-dealkylation sites (tertiary alicyclic amines) is 1. The van der Waals surface area contributed by atoms with Crippen LogP contribution in [0.4, 0.5) is 4.79 Å². The Balaban J connectivity index is 1.24. The summed E-state index contributed by atoms with van der Waals surface area (Å²) in [5.74, 6) is 7.81. The first-order chi connectivity index (χ1) is 21.1. The van der Waals surface area contributed by atoms with Crippen molar-refractivity contribution in [1.82, 2.24) is 35.2 Å². The van der Waals surface area contributed by atoms with Crippen molar-refractivity contribution in [2.45, 2.75) is 44.2 Å². The molecule has 4 N–H and O–H groups in total. The molecule has 0 radical (unpaired) electrons. The number of hydrogen-bond donors (Lipinski definition) is 4. The Hall–Kier alpha value is -4.45. The summed E-state index contributed by atoms with van der Waals surface area (Å²) in [7, 11) is 3.81. The Morgan fingerprint density at radius 3 is 2.65 bits per heavy atom. The van der Waals surface area contributed by atoms with Crippen molar-refractivity contribution >= 4 is 21.4 Å². The minimum atomic E-state index is -0.859. The smallest absolute Gasteiger partial charge is 0.407 e. The van der Waals surface area contributed by atoms with E-state index in [9.17, 15) is 9.59 Å². The van der Waals surface area contributed by atoms with Crippen molar-refractivity contribution < 1.29 is 14.3 Å². The van der Waals surface area contributed by atoms with Gasteiger partial charge in [-0.2, -0.15) is 0 Å². The second-order valence-corrected chi connectivity index (χ2v) is 10.7. The van der Waals surface area contributed by atoms with Crippen molar-refractivity contribution in [1.29, 1.82) is 0 Å². The fourth-order valence-corrected chi connectivity index (χ4v) is 5.39. The molecule has 3 heterocycles. The first kappa shape index (κ1) is 30.0. The number of benzene rings is 2. The van der Waals surface area contributed by atoms with Gasteiger partial charge < -0.3 is 30.0 Å². The van der Waals surface area contributed by atoms with Crippen LogP contribution in [0.15, 0.2) is 67.0 Å². The summed E-state index contributed by atoms with van der Waals surface area (Å²) in [6.07, 6.45) is 7.61. The van der Waals surface area contributed by atoms with E-state index in [1.807, 2.05) is 60.8 Å². The van der Waals surface area contributed by atoms with Gasteiger partial charge in [0.25, 0.3) is 5.91 Å². The lowest BCUT2D eigenvalue weighted by Gasteiger charge is -2.28. The molecule has 1 saturated heterocycles. The molecule has 0 spiro atoms. The van der Waals surface area contributed by atoms with Crippen molar-refractivity contribution in [3.8, 4) is 23.1 Å². The molecule has 2 amide bonds. The molecule has 222 valence electrons. The molecule has 0 saturated carbocycles. The van der Waals surface area contributed by atoms with Gasteiger partial charge in [0.05, 0.1) is 31.2 Å². The van der Waals surface area contributed by atoms with Crippen molar-refractivity contribution in [3.63, 3.8) is 0 Å². The summed E-state index contributed by atoms with van der Waals surface area (Å²) in [6.45, 7) is 1.54. The Kier molecular flexibility index (Phi) is 10.2. The molecule has 4 aromatic rings. The third-order valence-electron chi connectivity index (χ3n) is 7.42. The molecular formula is C32H36N7O3P. The predicted molar refractivity (Wildman–Crippen MR) is 168 cm³/mol. The highest BCUT2D eigenvalue weighted by Gasteiger charge is 2.37. The lowest BCUT2D eigenvalue weighted by molar-refractivity contribution is -0.134. The van der Waals surface area contributed by atoms with Gasteiger partial charge in [0.1, 0.15) is 23.4 Å². The number of aryl methyl sites for hydroxylation is 1. The number of H-pyrrole nitrogens is 2. The topological polar surface area (TPSA) is 128 Å². The number of hydrogen-bond acceptors (Lipinski definition) is 6. The van der Waals surface area contributed by atoms with Crippen LogP contribution in [0.2, 0.25) is 0 Å². The number of unbranched alkanes of at least 4 members (excludes halogenated alkanes) is 1. The van der Waals surface area contributed by atoms with Crippen LogP contribution >= 0.6 is 9.39 Å². The van der Waals surface area contributed by atoms with E-state index in [1.54, 1.807) is 11.1 Å². The quantitative estimate of drug-likeness (QED) is 0.120. The Bertz CT molecular complexity index is 1570. The van der Waals surface area contributed by atoms with E-state index in [-0.39, 0.29) is 11.9 Å². The third-order valence-corrected chi connectivity index (χ3v) is 7.71. The standard InChI is InChI=1S/C32H36N7O3P/c1-42-32(41)38-29(24-8-3-2-4-9-24)31(40)39-19-7-10-27(39)30-34-20-25(36-30)17-14-22-12-15-23(16-13-22)26-21-33-28(37-26)11-5-6-18-35-43/h2-4,8-9,12-13,15-16,20-21,27,29,35H,5-7,10-11,18-19,43H2,1H3,(H,33,37)(H,34,36)(H,38,41). The third kappa shape index (κ3) is 7.69. The van der Waals surface area contributed by atoms with Gasteiger partial charge in [-0.15, -0.1) is 0 Å². The zero-order valence-electron chi connectivity index (χ0n) is 24.1. The largest absolute Gasteiger partial charge is 0.453 e. The van der Waals surface area contributed by atoms with E-state index in [0.717, 1.165) is 61.3 Å². The van der Waals surface area contributed by atoms with Crippen LogP contribution in [0.5, 0.6) is 0 Å². The summed E-state index contributed by atoms with van der Waals surface area (Å²) in [5.41, 5.74) is 4.28. The molecule has 3 unspecified atom stereocenters. The molecule has 1 aliphatic heterocycles. The first-order valence-electron chi connectivity index (χ1n) is 14.4. The van der Waals surface area contributed by atoms with Crippen LogP contribution < -0.4 is 10.4 Å². The van der Waals surface area contributed by atoms with Crippen LogP contribution in [-0.2, 0) is 16.0 Å². The molecular weight excluding hydrogens is 561 g/mol. The first-order valence-corrected chi connectivity index (χ1v) is 15.0. The Morgan fingerprint density at radius 2 is 1.88 bits per heavy atom. The molecule has 43 heavy (non-hydrogen) atoms. The maximum Gasteiger partial charge on any atom is 0.407 e. The van der Waals surface area contributed by atoms with E-state index in [4.69, 9.17) is 4.74 Å². The molecule has 5 rings (SSSR count). The van der Waals surface area contributed by atoms with E-state index >= 15 is 0 Å². The van der Waals surface area contributed by atoms with E-state index in [2.05, 4.69) is 51.6 Å². The molecule has 3 atom stereocenters. The van der Waals surface area contributed by atoms with Crippen molar-refractivity contribution in [3.05, 3.63) is 95.5 Å². The van der Waals surface area contributed by atoms with Gasteiger partial charge in [0.15, 0.2) is 0 Å². The monoisotopic (exact) mass is 597 g/mol. The number of nitrogens with one attached hydrogen (secondary N) is 4. The van der Waals surface area contributed by atoms with Crippen LogP contribution in [0.3, 0.4) is 0 Å². The highest BCUT2D eigenvalue weighted by molar-refractivity contribution is 7.13. The number of aromatic amines is 2. The van der Waals surface area contributed by atoms with E-state index in [0.29, 0.717) is 23.6 Å². The van der Waals surface area contributed by atoms with Crippen LogP contribution in [-0.4, -0.2) is 57.0 Å². The van der Waals surface area contributed by atoms with Gasteiger partial charge in [-0.05, 0) is 61.4 Å². The fourth-order valence-electron chi connectivity index (χ4n) is 5.19. The molecule has 0 bridgehead atoms. The van der Waals surface area contributed by atoms with Gasteiger partial charge in [0.2, 0.25) is 0 Å². The number of aromatic nitrogens is 4. The number of methoxy groups -OCH3 is 1. The average molecular weight is 598 g/mol. The number of ether oxygens (including phenoxy) is 1. The second kappa shape index (κ2) is 14.6. The molecule has 2 aromatic heterocycles. The summed E-state index contributed by atoms with van der Waals surface area (Å²) < 4.78 is 4.78. The van der Waals surface area contributed by atoms with Gasteiger partial charge in [0, 0.05) is 18.5 Å². The minimum absolute atomic E-state index is 0.208. The number of carbonyl (C=O) groups excluding carboxylic acids is 2. The van der Waals surface area contributed by atoms with Crippen LogP contribution in [0.1, 0.15) is 66.2 Å². The normalized spacial score (nSPS) is 15.0. The predicted octanol–water partition coefficient (Wildman–Crippen LogP) is 4.66. The highest BCUT2D eigenvalue weighted by atomic mass is 31.0. The molecule has 2 aromatic carbocycles. The van der Waals surface area contributed by atoms with Crippen molar-refractivity contribution in [2.75, 3.05) is 20.2 Å². The number of nitrogens with zero attached hydrogens (tertiary/aromatic N) is 3. The summed E-state index contributed by atoms with van der Waals surface area (Å²) >= 11 is 0. The molecule has 0 aliphatic carbocycles. The maximum absolute atomic E-state index is 13.7. The number of carbonyl (C=O) groups is 2. The molecule has 11 heteroatoms. The Labute approximate surface area is 253 Å². The summed E-state index contributed by atoms with van der Waals surface area (Å²) in [5, 5.41) is 5.78. The highest BCUT2D eigenvalue weighted by Crippen LogP contribution is 2.33. The fraction of sp³-hybridized carbons (Fsp3) is 0.312. The summed E-state index contributed by atoms with van der Waals surface area (Å²) in [4.78, 5) is 43.3. The molecule has 1 aliphatic rings. The van der Waals surface area contributed by atoms with E-state index < -0.39 is 12.1 Å². The van der Waals surface area contributed by atoms with Crippen LogP contribution in [0.25, 0.3) is 11.3 Å². The van der Waals surface area contributed by atoms with Crippen LogP contribution in [0, 0.1) is 11.8 Å². The lowest BCUT2D eigenvalue weighted by Crippen LogP contribution is -2.42. The van der Waals surface area contributed by atoms with Gasteiger partial charge in [-0.1, -0.05) is 57.8 Å². The number of imidazole rings is 2. The second-order valence-electron chi connectivity index (χ2n) is 10.3. The maximum atomic E-state index is 13.7. The zero-order valence-corrected chi connectivity index (χ0v) is 25.3. The minimum Gasteiger partial charge on any atom is -0.453 e. The molecule has 1 fully saturated rings. The SMILES string of the molecule is COC(=O)NC(C(=O)N1CCCC1c1ncc(C#Cc2ccc(-c3cnc(CCCCNP)[nH]3)cc2)[nH]1)c1ccccc1. The van der Waals surface area contributed by atoms with Gasteiger partial charge >= 0.3 is 6.09 Å². The van der Waals surface area contributed by atoms with Gasteiger partial charge in [-0.25, -0.2) is 14.8 Å². The van der Waals surface area contributed by atoms with E-state index in [1.165, 1.54) is 7.11 Å². The number of alkyl carbamates (subject to hydrolysis) is 1. The average Bonchev–Trinajstić information content (AvgIpc) is 3.82. The zero-order chi connectivity index (χ0) is 30.0. The van der Waals surface area contributed by atoms with Gasteiger partial charge in [-0.3, -0.25) is 4.79 Å². The number of amides is 2. The number of rotatable bonds is 10. The molecule has 10 nitrogen and oxygen atoms in total.